The number of nitrogens with zero attached hydrogens (tertiary/aromatic N) is 2. The minimum Gasteiger partial charge on any atom is -0.457 e. The van der Waals surface area contributed by atoms with Gasteiger partial charge in [0.25, 0.3) is 0 Å². The normalized spacial score (nSPS) is 22.0. The van der Waals surface area contributed by atoms with Crippen molar-refractivity contribution in [3.63, 3.8) is 0 Å². The van der Waals surface area contributed by atoms with Gasteiger partial charge in [0, 0.05) is 17.4 Å². The molecule has 0 radical (unpaired) electrons. The molecule has 0 aromatic heterocycles. The molecule has 34 heavy (non-hydrogen) atoms. The summed E-state index contributed by atoms with van der Waals surface area (Å²) in [5, 5.41) is 0.436. The Morgan fingerprint density at radius 3 is 2.26 bits per heavy atom. The van der Waals surface area contributed by atoms with Crippen LogP contribution in [0, 0.1) is 0 Å². The van der Waals surface area contributed by atoms with Crippen LogP contribution in [0.15, 0.2) is 89.9 Å². The molecular weight excluding hydrogens is 468 g/mol. The number of hydrogen-bond donors (Lipinski definition) is 0. The van der Waals surface area contributed by atoms with Crippen LogP contribution in [0.2, 0.25) is 0 Å². The van der Waals surface area contributed by atoms with Crippen molar-refractivity contribution in [1.29, 1.82) is 0 Å². The van der Waals surface area contributed by atoms with Gasteiger partial charge in [0.15, 0.2) is 15.0 Å². The zero-order chi connectivity index (χ0) is 23.5. The Hall–Kier alpha value is -3.10. The molecule has 0 saturated carbocycles. The van der Waals surface area contributed by atoms with Gasteiger partial charge in [0.2, 0.25) is 5.91 Å². The summed E-state index contributed by atoms with van der Waals surface area (Å²) in [6.07, 6.45) is 0.924. The van der Waals surface area contributed by atoms with E-state index >= 15 is 0 Å². The summed E-state index contributed by atoms with van der Waals surface area (Å²) in [5.41, 5.74) is 1.89. The van der Waals surface area contributed by atoms with Crippen LogP contribution in [0.3, 0.4) is 0 Å². The molecule has 0 bridgehead atoms. The first-order valence-electron chi connectivity index (χ1n) is 11.1. The number of hydrogen-bond acceptors (Lipinski definition) is 5. The minimum atomic E-state index is -3.12. The molecular formula is C26H24N2O4S2. The van der Waals surface area contributed by atoms with Crippen LogP contribution in [0.25, 0.3) is 0 Å². The summed E-state index contributed by atoms with van der Waals surface area (Å²) in [6.45, 7) is 0. The fraction of sp³-hybridized carbons (Fsp3) is 0.231. The van der Waals surface area contributed by atoms with E-state index in [9.17, 15) is 13.2 Å². The zero-order valence-corrected chi connectivity index (χ0v) is 20.0. The SMILES string of the molecule is O=C(CCc1ccccc1)N=C1S[C@H]2CS(=O)(=O)C[C@H]2N1c1ccc(Oc2ccccc2)cc1. The van der Waals surface area contributed by atoms with Crippen molar-refractivity contribution < 1.29 is 17.9 Å². The Labute approximate surface area is 203 Å². The van der Waals surface area contributed by atoms with E-state index in [1.807, 2.05) is 89.8 Å². The molecule has 2 fully saturated rings. The monoisotopic (exact) mass is 492 g/mol. The third kappa shape index (κ3) is 5.18. The molecule has 0 aliphatic carbocycles. The number of carbonyl (C=O) groups is 1. The van der Waals surface area contributed by atoms with E-state index in [1.165, 1.54) is 11.8 Å². The summed E-state index contributed by atoms with van der Waals surface area (Å²) in [7, 11) is -3.12. The molecule has 0 unspecified atom stereocenters. The summed E-state index contributed by atoms with van der Waals surface area (Å²) < 4.78 is 30.5. The predicted molar refractivity (Wildman–Crippen MR) is 136 cm³/mol. The van der Waals surface area contributed by atoms with Crippen LogP contribution in [0.4, 0.5) is 5.69 Å². The fourth-order valence-electron chi connectivity index (χ4n) is 4.22. The van der Waals surface area contributed by atoms with Crippen LogP contribution < -0.4 is 9.64 Å². The Morgan fingerprint density at radius 1 is 0.912 bits per heavy atom. The molecule has 3 aromatic rings. The van der Waals surface area contributed by atoms with Gasteiger partial charge in [-0.3, -0.25) is 4.79 Å². The Kier molecular flexibility index (Phi) is 6.43. The summed E-state index contributed by atoms with van der Waals surface area (Å²) in [4.78, 5) is 19.0. The molecule has 6 nitrogen and oxygen atoms in total. The molecule has 2 saturated heterocycles. The lowest BCUT2D eigenvalue weighted by molar-refractivity contribution is -0.117. The average molecular weight is 493 g/mol. The molecule has 5 rings (SSSR count). The van der Waals surface area contributed by atoms with Crippen molar-refractivity contribution in [1.82, 2.24) is 0 Å². The van der Waals surface area contributed by atoms with E-state index in [0.717, 1.165) is 17.0 Å². The maximum absolute atomic E-state index is 12.7. The topological polar surface area (TPSA) is 76.0 Å². The highest BCUT2D eigenvalue weighted by Gasteiger charge is 2.49. The van der Waals surface area contributed by atoms with E-state index in [1.54, 1.807) is 0 Å². The highest BCUT2D eigenvalue weighted by atomic mass is 32.2. The molecule has 2 aliphatic heterocycles. The number of fused-ring (bicyclic) bond motifs is 1. The van der Waals surface area contributed by atoms with Crippen LogP contribution in [0.5, 0.6) is 11.5 Å². The lowest BCUT2D eigenvalue weighted by Crippen LogP contribution is -2.37. The number of para-hydroxylation sites is 1. The van der Waals surface area contributed by atoms with Gasteiger partial charge in [0.05, 0.1) is 17.5 Å². The van der Waals surface area contributed by atoms with Crippen molar-refractivity contribution >= 4 is 38.4 Å². The number of ether oxygens (including phenoxy) is 1. The van der Waals surface area contributed by atoms with E-state index in [2.05, 4.69) is 4.99 Å². The first-order chi connectivity index (χ1) is 16.5. The Balaban J connectivity index is 1.36. The standard InChI is InChI=1S/C26H24N2O4S2/c29-25(16-11-19-7-3-1-4-8-19)27-26-28(23-17-34(30,31)18-24(23)33-26)20-12-14-22(15-13-20)32-21-9-5-2-6-10-21/h1-10,12-15,23-24H,11,16-18H2/t23-,24+/m1/s1. The van der Waals surface area contributed by atoms with Crippen molar-refractivity contribution in [3.05, 3.63) is 90.5 Å². The van der Waals surface area contributed by atoms with Crippen molar-refractivity contribution in [2.45, 2.75) is 24.1 Å². The molecule has 0 N–H and O–H groups in total. The van der Waals surface area contributed by atoms with Crippen LogP contribution in [0.1, 0.15) is 12.0 Å². The maximum Gasteiger partial charge on any atom is 0.248 e. The quantitative estimate of drug-likeness (QED) is 0.496. The van der Waals surface area contributed by atoms with Crippen molar-refractivity contribution in [2.24, 2.45) is 4.99 Å². The van der Waals surface area contributed by atoms with Crippen molar-refractivity contribution in [2.75, 3.05) is 16.4 Å². The number of thioether (sulfide) groups is 1. The number of carbonyl (C=O) groups excluding carboxylic acids is 1. The van der Waals surface area contributed by atoms with Crippen LogP contribution >= 0.6 is 11.8 Å². The molecule has 2 aliphatic rings. The molecule has 0 spiro atoms. The second-order valence-corrected chi connectivity index (χ2v) is 11.7. The van der Waals surface area contributed by atoms with Gasteiger partial charge in [-0.2, -0.15) is 4.99 Å². The number of anilines is 1. The van der Waals surface area contributed by atoms with Gasteiger partial charge in [-0.1, -0.05) is 60.3 Å². The van der Waals surface area contributed by atoms with E-state index in [0.29, 0.717) is 23.8 Å². The maximum atomic E-state index is 12.7. The van der Waals surface area contributed by atoms with Gasteiger partial charge in [0.1, 0.15) is 11.5 Å². The predicted octanol–water partition coefficient (Wildman–Crippen LogP) is 4.71. The fourth-order valence-corrected chi connectivity index (χ4v) is 8.16. The smallest absolute Gasteiger partial charge is 0.248 e. The second-order valence-electron chi connectivity index (χ2n) is 8.35. The molecule has 174 valence electrons. The molecule has 1 amide bonds. The molecule has 8 heteroatoms. The van der Waals surface area contributed by atoms with Crippen LogP contribution in [-0.2, 0) is 21.1 Å². The average Bonchev–Trinajstić information content (AvgIpc) is 3.30. The van der Waals surface area contributed by atoms with E-state index in [-0.39, 0.29) is 28.7 Å². The van der Waals surface area contributed by atoms with Crippen LogP contribution in [-0.4, -0.2) is 42.3 Å². The van der Waals surface area contributed by atoms with Gasteiger partial charge < -0.3 is 9.64 Å². The van der Waals surface area contributed by atoms with Gasteiger partial charge in [-0.25, -0.2) is 8.42 Å². The number of aliphatic imine (C=N–C) groups is 1. The number of amidine groups is 1. The van der Waals surface area contributed by atoms with Gasteiger partial charge in [-0.05, 0) is 48.4 Å². The van der Waals surface area contributed by atoms with Crippen molar-refractivity contribution in [3.8, 4) is 11.5 Å². The number of rotatable bonds is 6. The molecule has 2 atom stereocenters. The van der Waals surface area contributed by atoms with E-state index < -0.39 is 9.84 Å². The summed E-state index contributed by atoms with van der Waals surface area (Å²) >= 11 is 1.39. The Morgan fingerprint density at radius 2 is 1.56 bits per heavy atom. The summed E-state index contributed by atoms with van der Waals surface area (Å²) in [6, 6.07) is 26.6. The molecule has 2 heterocycles. The highest BCUT2D eigenvalue weighted by molar-refractivity contribution is 8.16. The van der Waals surface area contributed by atoms with Gasteiger partial charge >= 0.3 is 0 Å². The lowest BCUT2D eigenvalue weighted by atomic mass is 10.1. The largest absolute Gasteiger partial charge is 0.457 e. The number of amides is 1. The Bertz CT molecular complexity index is 1290. The lowest BCUT2D eigenvalue weighted by Gasteiger charge is -2.24. The zero-order valence-electron chi connectivity index (χ0n) is 18.4. The highest BCUT2D eigenvalue weighted by Crippen LogP contribution is 2.41. The number of sulfone groups is 1. The van der Waals surface area contributed by atoms with E-state index in [4.69, 9.17) is 4.74 Å². The third-order valence-electron chi connectivity index (χ3n) is 5.85. The minimum absolute atomic E-state index is 0.0597. The summed E-state index contributed by atoms with van der Waals surface area (Å²) in [5.74, 6) is 1.37. The second kappa shape index (κ2) is 9.64. The van der Waals surface area contributed by atoms with Gasteiger partial charge in [-0.15, -0.1) is 0 Å². The first-order valence-corrected chi connectivity index (χ1v) is 13.8. The number of benzene rings is 3. The molecule has 3 aromatic carbocycles. The number of aryl methyl sites for hydroxylation is 1. The first kappa shape index (κ1) is 22.7. The third-order valence-corrected chi connectivity index (χ3v) is 9.06.